The van der Waals surface area contributed by atoms with Crippen molar-refractivity contribution in [1.29, 1.82) is 0 Å². The molecule has 1 saturated heterocycles. The van der Waals surface area contributed by atoms with Gasteiger partial charge in [0.05, 0.1) is 7.11 Å². The van der Waals surface area contributed by atoms with Crippen LogP contribution in [0.3, 0.4) is 0 Å². The van der Waals surface area contributed by atoms with Crippen molar-refractivity contribution < 1.29 is 13.9 Å². The lowest BCUT2D eigenvalue weighted by atomic mass is 9.95. The highest BCUT2D eigenvalue weighted by molar-refractivity contribution is 5.90. The van der Waals surface area contributed by atoms with Crippen LogP contribution in [0.2, 0.25) is 0 Å². The van der Waals surface area contributed by atoms with E-state index in [-0.39, 0.29) is 5.97 Å². The maximum absolute atomic E-state index is 11.4. The highest BCUT2D eigenvalue weighted by Crippen LogP contribution is 2.21. The van der Waals surface area contributed by atoms with Crippen molar-refractivity contribution in [3.63, 3.8) is 0 Å². The minimum Gasteiger partial charge on any atom is -0.465 e. The summed E-state index contributed by atoms with van der Waals surface area (Å²) in [6.07, 6.45) is 3.33. The highest BCUT2D eigenvalue weighted by Gasteiger charge is 2.19. The van der Waals surface area contributed by atoms with E-state index < -0.39 is 0 Å². The van der Waals surface area contributed by atoms with E-state index in [9.17, 15) is 4.79 Å². The maximum atomic E-state index is 11.4. The second-order valence-corrected chi connectivity index (χ2v) is 4.59. The Balaban J connectivity index is 2.03. The molecule has 1 aliphatic rings. The van der Waals surface area contributed by atoms with Crippen LogP contribution < -0.4 is 5.32 Å². The molecule has 1 atom stereocenters. The van der Waals surface area contributed by atoms with Gasteiger partial charge in [-0.15, -0.1) is 0 Å². The second-order valence-electron chi connectivity index (χ2n) is 4.59. The molecule has 1 unspecified atom stereocenters. The fourth-order valence-corrected chi connectivity index (χ4v) is 2.34. The van der Waals surface area contributed by atoms with E-state index in [0.717, 1.165) is 25.3 Å². The van der Waals surface area contributed by atoms with Crippen LogP contribution in [0.4, 0.5) is 0 Å². The third-order valence-corrected chi connectivity index (χ3v) is 3.26. The third kappa shape index (κ3) is 2.88. The van der Waals surface area contributed by atoms with Crippen LogP contribution in [0.1, 0.15) is 34.7 Å². The van der Waals surface area contributed by atoms with E-state index in [1.54, 1.807) is 6.92 Å². The SMILES string of the molecule is COC(=O)c1cc(CC2CCCNC2)oc1C. The Kier molecular flexibility index (Phi) is 3.84. The van der Waals surface area contributed by atoms with Crippen LogP contribution in [-0.2, 0) is 11.2 Å². The molecule has 1 aromatic rings. The summed E-state index contributed by atoms with van der Waals surface area (Å²) in [7, 11) is 1.39. The van der Waals surface area contributed by atoms with Crippen molar-refractivity contribution in [2.24, 2.45) is 5.92 Å². The number of carbonyl (C=O) groups is 1. The molecule has 0 amide bonds. The van der Waals surface area contributed by atoms with Crippen molar-refractivity contribution in [1.82, 2.24) is 5.32 Å². The van der Waals surface area contributed by atoms with Gasteiger partial charge < -0.3 is 14.5 Å². The number of hydrogen-bond acceptors (Lipinski definition) is 4. The van der Waals surface area contributed by atoms with Crippen molar-refractivity contribution in [3.05, 3.63) is 23.2 Å². The molecule has 0 bridgehead atoms. The average Bonchev–Trinajstić information content (AvgIpc) is 2.70. The second kappa shape index (κ2) is 5.36. The van der Waals surface area contributed by atoms with Gasteiger partial charge in [0.25, 0.3) is 0 Å². The zero-order valence-electron chi connectivity index (χ0n) is 10.4. The molecule has 1 aromatic heterocycles. The molecule has 1 N–H and O–H groups in total. The molecule has 0 aromatic carbocycles. The number of carbonyl (C=O) groups excluding carboxylic acids is 1. The van der Waals surface area contributed by atoms with Crippen LogP contribution in [-0.4, -0.2) is 26.2 Å². The number of piperidine rings is 1. The van der Waals surface area contributed by atoms with Gasteiger partial charge >= 0.3 is 5.97 Å². The van der Waals surface area contributed by atoms with Gasteiger partial charge in [-0.25, -0.2) is 4.79 Å². The minimum atomic E-state index is -0.320. The molecule has 0 saturated carbocycles. The Morgan fingerprint density at radius 2 is 2.47 bits per heavy atom. The van der Waals surface area contributed by atoms with Gasteiger partial charge in [0.15, 0.2) is 0 Å². The number of aryl methyl sites for hydroxylation is 1. The number of rotatable bonds is 3. The number of furan rings is 1. The van der Waals surface area contributed by atoms with Crippen molar-refractivity contribution in [2.75, 3.05) is 20.2 Å². The van der Waals surface area contributed by atoms with Crippen LogP contribution >= 0.6 is 0 Å². The van der Waals surface area contributed by atoms with E-state index in [1.165, 1.54) is 20.0 Å². The molecule has 0 spiro atoms. The Labute approximate surface area is 101 Å². The zero-order chi connectivity index (χ0) is 12.3. The highest BCUT2D eigenvalue weighted by atomic mass is 16.5. The summed E-state index contributed by atoms with van der Waals surface area (Å²) in [5, 5.41) is 3.38. The van der Waals surface area contributed by atoms with E-state index in [4.69, 9.17) is 9.15 Å². The zero-order valence-corrected chi connectivity index (χ0v) is 10.4. The van der Waals surface area contributed by atoms with Gasteiger partial charge in [-0.1, -0.05) is 0 Å². The summed E-state index contributed by atoms with van der Waals surface area (Å²) in [5.41, 5.74) is 0.547. The normalized spacial score (nSPS) is 20.2. The largest absolute Gasteiger partial charge is 0.465 e. The van der Waals surface area contributed by atoms with Gasteiger partial charge in [-0.2, -0.15) is 0 Å². The van der Waals surface area contributed by atoms with Crippen LogP contribution in [0.25, 0.3) is 0 Å². The van der Waals surface area contributed by atoms with Crippen LogP contribution in [0, 0.1) is 12.8 Å². The van der Waals surface area contributed by atoms with Gasteiger partial charge in [-0.3, -0.25) is 0 Å². The molecule has 2 rings (SSSR count). The fourth-order valence-electron chi connectivity index (χ4n) is 2.34. The topological polar surface area (TPSA) is 51.5 Å². The van der Waals surface area contributed by atoms with Gasteiger partial charge in [0.2, 0.25) is 0 Å². The molecule has 94 valence electrons. The van der Waals surface area contributed by atoms with E-state index in [0.29, 0.717) is 17.2 Å². The average molecular weight is 237 g/mol. The summed E-state index contributed by atoms with van der Waals surface area (Å²) in [6, 6.07) is 1.82. The first-order valence-corrected chi connectivity index (χ1v) is 6.09. The Morgan fingerprint density at radius 1 is 1.65 bits per heavy atom. The Bertz CT molecular complexity index is 391. The maximum Gasteiger partial charge on any atom is 0.341 e. The van der Waals surface area contributed by atoms with Gasteiger partial charge in [-0.05, 0) is 44.8 Å². The number of esters is 1. The minimum absolute atomic E-state index is 0.320. The lowest BCUT2D eigenvalue weighted by molar-refractivity contribution is 0.0599. The summed E-state index contributed by atoms with van der Waals surface area (Å²) < 4.78 is 10.3. The fraction of sp³-hybridized carbons (Fsp3) is 0.615. The summed E-state index contributed by atoms with van der Waals surface area (Å²) in [6.45, 7) is 3.95. The van der Waals surface area contributed by atoms with Crippen molar-refractivity contribution in [2.45, 2.75) is 26.2 Å². The molecule has 1 aliphatic heterocycles. The standard InChI is InChI=1S/C13H19NO3/c1-9-12(13(15)16-2)7-11(17-9)6-10-4-3-5-14-8-10/h7,10,14H,3-6,8H2,1-2H3. The quantitative estimate of drug-likeness (QED) is 0.816. The predicted molar refractivity (Wildman–Crippen MR) is 64.1 cm³/mol. The lowest BCUT2D eigenvalue weighted by Gasteiger charge is -2.21. The molecule has 2 heterocycles. The molecule has 0 aliphatic carbocycles. The first kappa shape index (κ1) is 12.2. The lowest BCUT2D eigenvalue weighted by Crippen LogP contribution is -2.30. The molecule has 4 nitrogen and oxygen atoms in total. The monoisotopic (exact) mass is 237 g/mol. The van der Waals surface area contributed by atoms with Gasteiger partial charge in [0.1, 0.15) is 17.1 Å². The van der Waals surface area contributed by atoms with Crippen molar-refractivity contribution in [3.8, 4) is 0 Å². The van der Waals surface area contributed by atoms with E-state index in [2.05, 4.69) is 5.32 Å². The Morgan fingerprint density at radius 3 is 3.12 bits per heavy atom. The number of ether oxygens (including phenoxy) is 1. The predicted octanol–water partition coefficient (Wildman–Crippen LogP) is 1.92. The molecule has 0 radical (unpaired) electrons. The number of methoxy groups -OCH3 is 1. The van der Waals surface area contributed by atoms with Crippen LogP contribution in [0.15, 0.2) is 10.5 Å². The van der Waals surface area contributed by atoms with E-state index >= 15 is 0 Å². The third-order valence-electron chi connectivity index (χ3n) is 3.26. The van der Waals surface area contributed by atoms with Gasteiger partial charge in [0, 0.05) is 6.42 Å². The van der Waals surface area contributed by atoms with Crippen molar-refractivity contribution >= 4 is 5.97 Å². The number of nitrogens with one attached hydrogen (secondary N) is 1. The molecule has 1 fully saturated rings. The summed E-state index contributed by atoms with van der Waals surface area (Å²) in [5.74, 6) is 1.83. The van der Waals surface area contributed by atoms with Crippen LogP contribution in [0.5, 0.6) is 0 Å². The molecule has 17 heavy (non-hydrogen) atoms. The number of hydrogen-bond donors (Lipinski definition) is 1. The Hall–Kier alpha value is -1.29. The molecule has 4 heteroatoms. The molecular formula is C13H19NO3. The molecular weight excluding hydrogens is 218 g/mol. The smallest absolute Gasteiger partial charge is 0.341 e. The summed E-state index contributed by atoms with van der Waals surface area (Å²) in [4.78, 5) is 11.4. The summed E-state index contributed by atoms with van der Waals surface area (Å²) >= 11 is 0. The first-order chi connectivity index (χ1) is 8.20. The first-order valence-electron chi connectivity index (χ1n) is 6.09. The van der Waals surface area contributed by atoms with E-state index in [1.807, 2.05) is 6.07 Å².